The lowest BCUT2D eigenvalue weighted by Crippen LogP contribution is -2.09. The average molecular weight is 284 g/mol. The van der Waals surface area contributed by atoms with Crippen LogP contribution >= 0.6 is 23.5 Å². The second-order valence-corrected chi connectivity index (χ2v) is 7.12. The number of carbonyl (C=O) groups excluding carboxylic acids is 1. The van der Waals surface area contributed by atoms with Gasteiger partial charge in [0.15, 0.2) is 11.6 Å². The van der Waals surface area contributed by atoms with Crippen LogP contribution in [0.1, 0.15) is 43.3 Å². The Bertz CT molecular complexity index is 429. The Labute approximate surface area is 115 Å². The molecule has 1 aromatic heterocycles. The summed E-state index contributed by atoms with van der Waals surface area (Å²) >= 11 is 3.56. The van der Waals surface area contributed by atoms with E-state index in [9.17, 15) is 4.79 Å². The third-order valence-corrected chi connectivity index (χ3v) is 5.88. The Hall–Kier alpha value is -0.490. The van der Waals surface area contributed by atoms with Gasteiger partial charge in [-0.25, -0.2) is 0 Å². The molecule has 1 aliphatic heterocycles. The van der Waals surface area contributed by atoms with Crippen LogP contribution in [0.4, 0.5) is 0 Å². The van der Waals surface area contributed by atoms with Crippen molar-refractivity contribution in [3.8, 4) is 0 Å². The topological polar surface area (TPSA) is 56.0 Å². The van der Waals surface area contributed by atoms with Crippen molar-refractivity contribution in [3.05, 3.63) is 11.7 Å². The van der Waals surface area contributed by atoms with Crippen LogP contribution < -0.4 is 0 Å². The maximum absolute atomic E-state index is 11.6. The SMILES string of the molecule is O=C1CSCC1c1nc(CSC2CCCC2)no1. The molecule has 98 valence electrons. The highest BCUT2D eigenvalue weighted by Gasteiger charge is 2.31. The van der Waals surface area contributed by atoms with E-state index in [1.807, 2.05) is 11.8 Å². The van der Waals surface area contributed by atoms with Crippen LogP contribution in [0.15, 0.2) is 4.52 Å². The maximum atomic E-state index is 11.6. The molecule has 0 amide bonds. The van der Waals surface area contributed by atoms with E-state index in [0.717, 1.165) is 22.6 Å². The van der Waals surface area contributed by atoms with Crippen molar-refractivity contribution in [2.45, 2.75) is 42.6 Å². The fourth-order valence-corrected chi connectivity index (χ4v) is 4.65. The van der Waals surface area contributed by atoms with Crippen LogP contribution in [-0.4, -0.2) is 32.7 Å². The number of Topliss-reactive ketones (excluding diaryl/α,β-unsaturated/α-hetero) is 1. The molecular weight excluding hydrogens is 268 g/mol. The van der Waals surface area contributed by atoms with Crippen LogP contribution in [-0.2, 0) is 10.5 Å². The third-order valence-electron chi connectivity index (χ3n) is 3.45. The first-order valence-corrected chi connectivity index (χ1v) is 8.58. The monoisotopic (exact) mass is 284 g/mol. The summed E-state index contributed by atoms with van der Waals surface area (Å²) in [4.78, 5) is 16.0. The summed E-state index contributed by atoms with van der Waals surface area (Å²) in [7, 11) is 0. The molecule has 18 heavy (non-hydrogen) atoms. The molecule has 2 fully saturated rings. The zero-order valence-corrected chi connectivity index (χ0v) is 11.8. The fraction of sp³-hybridized carbons (Fsp3) is 0.750. The molecule has 1 atom stereocenters. The quantitative estimate of drug-likeness (QED) is 0.847. The first-order chi connectivity index (χ1) is 8.83. The number of carbonyl (C=O) groups is 1. The molecule has 3 rings (SSSR count). The number of hydrogen-bond acceptors (Lipinski definition) is 6. The molecule has 1 aliphatic carbocycles. The molecular formula is C12H16N2O2S2. The summed E-state index contributed by atoms with van der Waals surface area (Å²) in [5, 5.41) is 4.75. The molecule has 6 heteroatoms. The van der Waals surface area contributed by atoms with Gasteiger partial charge >= 0.3 is 0 Å². The highest BCUT2D eigenvalue weighted by Crippen LogP contribution is 2.32. The standard InChI is InChI=1S/C12H16N2O2S2/c15-10-6-17-5-9(10)12-13-11(14-16-12)7-18-8-3-1-2-4-8/h8-9H,1-7H2. The highest BCUT2D eigenvalue weighted by molar-refractivity contribution is 8.00. The Kier molecular flexibility index (Phi) is 3.94. The minimum atomic E-state index is -0.160. The largest absolute Gasteiger partial charge is 0.338 e. The van der Waals surface area contributed by atoms with Gasteiger partial charge in [-0.2, -0.15) is 28.5 Å². The van der Waals surface area contributed by atoms with E-state index in [2.05, 4.69) is 10.1 Å². The summed E-state index contributed by atoms with van der Waals surface area (Å²) in [6.07, 6.45) is 5.33. The Morgan fingerprint density at radius 3 is 2.94 bits per heavy atom. The van der Waals surface area contributed by atoms with Crippen LogP contribution in [0.5, 0.6) is 0 Å². The summed E-state index contributed by atoms with van der Waals surface area (Å²) in [6.45, 7) is 0. The van der Waals surface area contributed by atoms with E-state index in [0.29, 0.717) is 11.6 Å². The molecule has 1 unspecified atom stereocenters. The lowest BCUT2D eigenvalue weighted by Gasteiger charge is -2.05. The van der Waals surface area contributed by atoms with Gasteiger partial charge in [-0.15, -0.1) is 0 Å². The van der Waals surface area contributed by atoms with Gasteiger partial charge in [0.2, 0.25) is 5.89 Å². The van der Waals surface area contributed by atoms with E-state index < -0.39 is 0 Å². The number of ketones is 1. The third kappa shape index (κ3) is 2.74. The van der Waals surface area contributed by atoms with Gasteiger partial charge in [0.05, 0.1) is 11.5 Å². The lowest BCUT2D eigenvalue weighted by atomic mass is 10.1. The van der Waals surface area contributed by atoms with Crippen molar-refractivity contribution in [2.24, 2.45) is 0 Å². The van der Waals surface area contributed by atoms with Crippen molar-refractivity contribution in [2.75, 3.05) is 11.5 Å². The van der Waals surface area contributed by atoms with E-state index in [-0.39, 0.29) is 11.7 Å². The highest BCUT2D eigenvalue weighted by atomic mass is 32.2. The smallest absolute Gasteiger partial charge is 0.238 e. The molecule has 1 aromatic rings. The van der Waals surface area contributed by atoms with Crippen molar-refractivity contribution in [3.63, 3.8) is 0 Å². The zero-order chi connectivity index (χ0) is 12.4. The van der Waals surface area contributed by atoms with Gasteiger partial charge < -0.3 is 4.52 Å². The molecule has 0 aromatic carbocycles. The fourth-order valence-electron chi connectivity index (χ4n) is 2.39. The Morgan fingerprint density at radius 2 is 2.22 bits per heavy atom. The maximum Gasteiger partial charge on any atom is 0.238 e. The van der Waals surface area contributed by atoms with Crippen molar-refractivity contribution >= 4 is 29.3 Å². The van der Waals surface area contributed by atoms with Crippen LogP contribution in [0.2, 0.25) is 0 Å². The van der Waals surface area contributed by atoms with Gasteiger partial charge in [-0.1, -0.05) is 18.0 Å². The zero-order valence-electron chi connectivity index (χ0n) is 10.1. The molecule has 0 radical (unpaired) electrons. The Morgan fingerprint density at radius 1 is 1.39 bits per heavy atom. The summed E-state index contributed by atoms with van der Waals surface area (Å²) < 4.78 is 5.23. The molecule has 0 N–H and O–H groups in total. The minimum Gasteiger partial charge on any atom is -0.338 e. The summed E-state index contributed by atoms with van der Waals surface area (Å²) in [5.74, 6) is 3.50. The molecule has 2 aliphatic rings. The molecule has 1 saturated heterocycles. The van der Waals surface area contributed by atoms with E-state index in [4.69, 9.17) is 4.52 Å². The van der Waals surface area contributed by atoms with Gasteiger partial charge in [-0.05, 0) is 12.8 Å². The van der Waals surface area contributed by atoms with E-state index in [1.54, 1.807) is 11.8 Å². The van der Waals surface area contributed by atoms with Crippen LogP contribution in [0.3, 0.4) is 0 Å². The van der Waals surface area contributed by atoms with E-state index >= 15 is 0 Å². The molecule has 1 saturated carbocycles. The first-order valence-electron chi connectivity index (χ1n) is 6.37. The number of hydrogen-bond donors (Lipinski definition) is 0. The van der Waals surface area contributed by atoms with Gasteiger partial charge in [-0.3, -0.25) is 4.79 Å². The van der Waals surface area contributed by atoms with Gasteiger partial charge in [0, 0.05) is 11.0 Å². The second-order valence-electron chi connectivity index (χ2n) is 4.80. The average Bonchev–Trinajstić information content (AvgIpc) is 3.07. The lowest BCUT2D eigenvalue weighted by molar-refractivity contribution is -0.117. The summed E-state index contributed by atoms with van der Waals surface area (Å²) in [5.41, 5.74) is 0. The normalized spacial score (nSPS) is 25.1. The molecule has 2 heterocycles. The van der Waals surface area contributed by atoms with Crippen molar-refractivity contribution in [1.82, 2.24) is 10.1 Å². The molecule has 0 bridgehead atoms. The summed E-state index contributed by atoms with van der Waals surface area (Å²) in [6, 6.07) is 0. The predicted octanol–water partition coefficient (Wildman–Crippen LogP) is 2.64. The second kappa shape index (κ2) is 5.65. The van der Waals surface area contributed by atoms with Gasteiger partial charge in [0.1, 0.15) is 5.92 Å². The predicted molar refractivity (Wildman–Crippen MR) is 72.9 cm³/mol. The number of nitrogens with zero attached hydrogens (tertiary/aromatic N) is 2. The number of rotatable bonds is 4. The van der Waals surface area contributed by atoms with Crippen molar-refractivity contribution < 1.29 is 9.32 Å². The van der Waals surface area contributed by atoms with Crippen molar-refractivity contribution in [1.29, 1.82) is 0 Å². The number of thioether (sulfide) groups is 2. The first kappa shape index (κ1) is 12.5. The van der Waals surface area contributed by atoms with Gasteiger partial charge in [0.25, 0.3) is 0 Å². The minimum absolute atomic E-state index is 0.160. The molecule has 0 spiro atoms. The molecule has 4 nitrogen and oxygen atoms in total. The van der Waals surface area contributed by atoms with E-state index in [1.165, 1.54) is 25.7 Å². The van der Waals surface area contributed by atoms with Crippen LogP contribution in [0.25, 0.3) is 0 Å². The Balaban J connectivity index is 1.57. The number of aromatic nitrogens is 2. The van der Waals surface area contributed by atoms with Crippen LogP contribution in [0, 0.1) is 0 Å².